The molecule has 1 aliphatic rings. The van der Waals surface area contributed by atoms with E-state index in [2.05, 4.69) is 14.9 Å². The summed E-state index contributed by atoms with van der Waals surface area (Å²) >= 11 is 6.04. The van der Waals surface area contributed by atoms with E-state index in [-0.39, 0.29) is 23.0 Å². The summed E-state index contributed by atoms with van der Waals surface area (Å²) in [5.74, 6) is -0.702. The third-order valence-electron chi connectivity index (χ3n) is 5.00. The number of aromatic nitrogens is 1. The molecule has 2 heterocycles. The summed E-state index contributed by atoms with van der Waals surface area (Å²) in [5.41, 5.74) is 1.17. The number of nitrogens with one attached hydrogen (secondary N) is 2. The Morgan fingerprint density at radius 2 is 1.83 bits per heavy atom. The lowest BCUT2D eigenvalue weighted by Gasteiger charge is -2.36. The molecule has 30 heavy (non-hydrogen) atoms. The number of halogens is 1. The van der Waals surface area contributed by atoms with Gasteiger partial charge in [0.2, 0.25) is 15.9 Å². The minimum atomic E-state index is -3.65. The van der Waals surface area contributed by atoms with E-state index in [0.29, 0.717) is 31.2 Å². The minimum Gasteiger partial charge on any atom is -0.368 e. The SMILES string of the molecule is CNS(=O)(=O)c1cc(C(=O)NCC(=O)N2CCN(c3cccc(Cl)c3)CC2)n(C)c1. The molecule has 1 saturated heterocycles. The van der Waals surface area contributed by atoms with Crippen LogP contribution in [0.2, 0.25) is 5.02 Å². The van der Waals surface area contributed by atoms with Crippen molar-refractivity contribution in [2.75, 3.05) is 44.7 Å². The number of piperazine rings is 1. The molecule has 2 N–H and O–H groups in total. The fourth-order valence-corrected chi connectivity index (χ4v) is 4.25. The van der Waals surface area contributed by atoms with Crippen molar-refractivity contribution in [1.82, 2.24) is 19.5 Å². The van der Waals surface area contributed by atoms with Gasteiger partial charge in [-0.2, -0.15) is 0 Å². The Morgan fingerprint density at radius 1 is 1.13 bits per heavy atom. The van der Waals surface area contributed by atoms with E-state index in [1.54, 1.807) is 11.9 Å². The van der Waals surface area contributed by atoms with Gasteiger partial charge in [0.1, 0.15) is 10.6 Å². The second kappa shape index (κ2) is 9.07. The van der Waals surface area contributed by atoms with Crippen LogP contribution in [-0.2, 0) is 21.9 Å². The van der Waals surface area contributed by atoms with E-state index in [4.69, 9.17) is 11.6 Å². The third kappa shape index (κ3) is 4.94. The van der Waals surface area contributed by atoms with Crippen LogP contribution in [0.5, 0.6) is 0 Å². The van der Waals surface area contributed by atoms with Crippen LogP contribution in [-0.4, -0.2) is 69.5 Å². The number of carbonyl (C=O) groups excluding carboxylic acids is 2. The fourth-order valence-electron chi connectivity index (χ4n) is 3.27. The Bertz CT molecular complexity index is 1040. The molecular weight excluding hydrogens is 430 g/mol. The van der Waals surface area contributed by atoms with Crippen molar-refractivity contribution < 1.29 is 18.0 Å². The number of rotatable bonds is 6. The molecule has 1 fully saturated rings. The minimum absolute atomic E-state index is 0.0129. The molecule has 0 saturated carbocycles. The van der Waals surface area contributed by atoms with Gasteiger partial charge in [0, 0.05) is 50.1 Å². The van der Waals surface area contributed by atoms with E-state index in [0.717, 1.165) is 5.69 Å². The summed E-state index contributed by atoms with van der Waals surface area (Å²) in [7, 11) is -0.783. The standard InChI is InChI=1S/C19H24ClN5O4S/c1-21-30(28,29)16-11-17(23(2)13-16)19(27)22-12-18(26)25-8-6-24(7-9-25)15-5-3-4-14(20)10-15/h3-5,10-11,13,21H,6-9,12H2,1-2H3,(H,22,27). The molecule has 2 aromatic rings. The molecule has 9 nitrogen and oxygen atoms in total. The zero-order valence-corrected chi connectivity index (χ0v) is 18.3. The summed E-state index contributed by atoms with van der Waals surface area (Å²) in [6, 6.07) is 8.85. The van der Waals surface area contributed by atoms with Gasteiger partial charge in [0.15, 0.2) is 0 Å². The molecule has 0 atom stereocenters. The highest BCUT2D eigenvalue weighted by molar-refractivity contribution is 7.89. The molecule has 162 valence electrons. The van der Waals surface area contributed by atoms with Gasteiger partial charge >= 0.3 is 0 Å². The van der Waals surface area contributed by atoms with Gasteiger partial charge in [-0.05, 0) is 31.3 Å². The largest absolute Gasteiger partial charge is 0.368 e. The quantitative estimate of drug-likeness (QED) is 0.669. The molecule has 3 rings (SSSR count). The van der Waals surface area contributed by atoms with Crippen LogP contribution in [0.4, 0.5) is 5.69 Å². The van der Waals surface area contributed by atoms with Crippen LogP contribution in [0.15, 0.2) is 41.4 Å². The second-order valence-electron chi connectivity index (χ2n) is 6.91. The number of sulfonamides is 1. The van der Waals surface area contributed by atoms with Crippen molar-refractivity contribution in [2.24, 2.45) is 7.05 Å². The molecule has 11 heteroatoms. The highest BCUT2D eigenvalue weighted by Gasteiger charge is 2.23. The number of nitrogens with zero attached hydrogens (tertiary/aromatic N) is 3. The first kappa shape index (κ1) is 22.1. The van der Waals surface area contributed by atoms with Crippen molar-refractivity contribution in [3.63, 3.8) is 0 Å². The van der Waals surface area contributed by atoms with E-state index in [9.17, 15) is 18.0 Å². The predicted octanol–water partition coefficient (Wildman–Crippen LogP) is 0.665. The maximum Gasteiger partial charge on any atom is 0.268 e. The first-order valence-corrected chi connectivity index (χ1v) is 11.2. The van der Waals surface area contributed by atoms with E-state index >= 15 is 0 Å². The Balaban J connectivity index is 1.53. The summed E-state index contributed by atoms with van der Waals surface area (Å²) in [6.07, 6.45) is 1.34. The lowest BCUT2D eigenvalue weighted by Crippen LogP contribution is -2.51. The molecule has 1 aliphatic heterocycles. The van der Waals surface area contributed by atoms with Crippen LogP contribution < -0.4 is 14.9 Å². The first-order valence-electron chi connectivity index (χ1n) is 9.37. The monoisotopic (exact) mass is 453 g/mol. The average Bonchev–Trinajstić information content (AvgIpc) is 3.14. The lowest BCUT2D eigenvalue weighted by atomic mass is 10.2. The highest BCUT2D eigenvalue weighted by Crippen LogP contribution is 2.20. The summed E-state index contributed by atoms with van der Waals surface area (Å²) in [5, 5.41) is 3.24. The maximum atomic E-state index is 12.5. The topological polar surface area (TPSA) is 104 Å². The molecule has 0 unspecified atom stereocenters. The summed E-state index contributed by atoms with van der Waals surface area (Å²) in [4.78, 5) is 28.7. The molecule has 0 aliphatic carbocycles. The number of hydrogen-bond donors (Lipinski definition) is 2. The Hall–Kier alpha value is -2.56. The summed E-state index contributed by atoms with van der Waals surface area (Å²) < 4.78 is 27.4. The van der Waals surface area contributed by atoms with E-state index in [1.807, 2.05) is 24.3 Å². The first-order chi connectivity index (χ1) is 14.2. The van der Waals surface area contributed by atoms with Crippen molar-refractivity contribution in [3.8, 4) is 0 Å². The Kier molecular flexibility index (Phi) is 6.69. The number of amides is 2. The van der Waals surface area contributed by atoms with E-state index < -0.39 is 15.9 Å². The van der Waals surface area contributed by atoms with Gasteiger partial charge in [-0.25, -0.2) is 13.1 Å². The molecule has 0 radical (unpaired) electrons. The predicted molar refractivity (Wildman–Crippen MR) is 114 cm³/mol. The van der Waals surface area contributed by atoms with Gasteiger partial charge < -0.3 is 19.7 Å². The van der Waals surface area contributed by atoms with Crippen molar-refractivity contribution >= 4 is 39.1 Å². The molecule has 0 spiro atoms. The van der Waals surface area contributed by atoms with Gasteiger partial charge in [0.05, 0.1) is 6.54 Å². The molecule has 2 amide bonds. The normalized spacial score (nSPS) is 14.6. The highest BCUT2D eigenvalue weighted by atomic mass is 35.5. The van der Waals surface area contributed by atoms with Crippen molar-refractivity contribution in [3.05, 3.63) is 47.2 Å². The molecule has 1 aromatic heterocycles. The maximum absolute atomic E-state index is 12.5. The number of aryl methyl sites for hydroxylation is 1. The zero-order chi connectivity index (χ0) is 21.9. The van der Waals surface area contributed by atoms with Crippen molar-refractivity contribution in [1.29, 1.82) is 0 Å². The fraction of sp³-hybridized carbons (Fsp3) is 0.368. The molecule has 1 aromatic carbocycles. The number of benzene rings is 1. The van der Waals surface area contributed by atoms with Gasteiger partial charge in [-0.3, -0.25) is 9.59 Å². The second-order valence-corrected chi connectivity index (χ2v) is 9.23. The Morgan fingerprint density at radius 3 is 2.47 bits per heavy atom. The smallest absolute Gasteiger partial charge is 0.268 e. The third-order valence-corrected chi connectivity index (χ3v) is 6.61. The van der Waals surface area contributed by atoms with Crippen LogP contribution >= 0.6 is 11.6 Å². The molecule has 0 bridgehead atoms. The van der Waals surface area contributed by atoms with Crippen LogP contribution in [0.1, 0.15) is 10.5 Å². The van der Waals surface area contributed by atoms with Gasteiger partial charge in [0.25, 0.3) is 5.91 Å². The summed E-state index contributed by atoms with van der Waals surface area (Å²) in [6.45, 7) is 2.26. The van der Waals surface area contributed by atoms with Crippen LogP contribution in [0.25, 0.3) is 0 Å². The van der Waals surface area contributed by atoms with E-state index in [1.165, 1.54) is 23.9 Å². The molecular formula is C19H24ClN5O4S. The van der Waals surface area contributed by atoms with Crippen LogP contribution in [0.3, 0.4) is 0 Å². The Labute approximate surface area is 180 Å². The van der Waals surface area contributed by atoms with Crippen LogP contribution in [0, 0.1) is 0 Å². The lowest BCUT2D eigenvalue weighted by molar-refractivity contribution is -0.130. The average molecular weight is 454 g/mol. The van der Waals surface area contributed by atoms with Crippen molar-refractivity contribution in [2.45, 2.75) is 4.90 Å². The number of anilines is 1. The number of carbonyl (C=O) groups is 2. The number of hydrogen-bond acceptors (Lipinski definition) is 5. The zero-order valence-electron chi connectivity index (χ0n) is 16.8. The van der Waals surface area contributed by atoms with Gasteiger partial charge in [-0.15, -0.1) is 0 Å². The van der Waals surface area contributed by atoms with Gasteiger partial charge in [-0.1, -0.05) is 17.7 Å².